The molecule has 1 atom stereocenters. The number of imidazole rings is 1. The van der Waals surface area contributed by atoms with E-state index < -0.39 is 22.6 Å². The Balaban J connectivity index is 1.75. The number of nitro groups is 1. The average molecular weight is 431 g/mol. The number of nitrogens with one attached hydrogen (secondary N) is 1. The summed E-state index contributed by atoms with van der Waals surface area (Å²) in [6.07, 6.45) is 4.69. The summed E-state index contributed by atoms with van der Waals surface area (Å²) in [4.78, 5) is 32.3. The number of hydrogen-bond donors (Lipinski definition) is 1. The van der Waals surface area contributed by atoms with Gasteiger partial charge >= 0.3 is 0 Å². The summed E-state index contributed by atoms with van der Waals surface area (Å²) in [6, 6.07) is 14.7. The lowest BCUT2D eigenvalue weighted by Crippen LogP contribution is -2.15. The third-order valence-corrected chi connectivity index (χ3v) is 4.95. The van der Waals surface area contributed by atoms with Gasteiger partial charge in [-0.15, -0.1) is 0 Å². The van der Waals surface area contributed by atoms with E-state index in [-0.39, 0.29) is 22.8 Å². The number of benzene rings is 2. The lowest BCUT2D eigenvalue weighted by Gasteiger charge is -2.20. The van der Waals surface area contributed by atoms with Crippen LogP contribution in [0, 0.1) is 15.9 Å². The Labute approximate surface area is 182 Å². The second kappa shape index (κ2) is 8.76. The van der Waals surface area contributed by atoms with Crippen molar-refractivity contribution in [3.63, 3.8) is 0 Å². The maximum atomic E-state index is 13.9. The van der Waals surface area contributed by atoms with Gasteiger partial charge in [0.1, 0.15) is 11.5 Å². The molecule has 0 amide bonds. The van der Waals surface area contributed by atoms with Crippen LogP contribution in [0.5, 0.6) is 0 Å². The molecule has 0 saturated heterocycles. The quantitative estimate of drug-likeness (QED) is 0.266. The molecule has 0 saturated carbocycles. The van der Waals surface area contributed by atoms with Crippen LogP contribution in [0.3, 0.4) is 0 Å². The minimum absolute atomic E-state index is 0.136. The number of carbonyl (C=O) groups excluding carboxylic acids is 1. The lowest BCUT2D eigenvalue weighted by molar-refractivity contribution is -0.384. The van der Waals surface area contributed by atoms with Crippen LogP contribution in [0.4, 0.5) is 15.8 Å². The lowest BCUT2D eigenvalue weighted by atomic mass is 10.0. The molecular weight excluding hydrogens is 413 g/mol. The van der Waals surface area contributed by atoms with Gasteiger partial charge in [-0.05, 0) is 42.0 Å². The van der Waals surface area contributed by atoms with Gasteiger partial charge in [0, 0.05) is 37.3 Å². The number of halogens is 1. The molecular formula is C23H18FN5O3. The molecule has 8 nitrogen and oxygen atoms in total. The third kappa shape index (κ3) is 4.22. The molecule has 9 heteroatoms. The van der Waals surface area contributed by atoms with Crippen molar-refractivity contribution in [3.8, 4) is 0 Å². The number of nitro benzene ring substituents is 1. The van der Waals surface area contributed by atoms with Gasteiger partial charge in [0.25, 0.3) is 5.69 Å². The number of carbonyl (C=O) groups is 1. The Morgan fingerprint density at radius 1 is 1.09 bits per heavy atom. The van der Waals surface area contributed by atoms with Crippen LogP contribution in [0.25, 0.3) is 0 Å². The fourth-order valence-electron chi connectivity index (χ4n) is 3.38. The van der Waals surface area contributed by atoms with Gasteiger partial charge in [-0.2, -0.15) is 0 Å². The first-order valence-corrected chi connectivity index (χ1v) is 9.67. The predicted molar refractivity (Wildman–Crippen MR) is 116 cm³/mol. The Morgan fingerprint density at radius 2 is 1.94 bits per heavy atom. The summed E-state index contributed by atoms with van der Waals surface area (Å²) in [6.45, 7) is 0. The average Bonchev–Trinajstić information content (AvgIpc) is 3.23. The summed E-state index contributed by atoms with van der Waals surface area (Å²) in [5.74, 6) is -0.694. The molecule has 1 unspecified atom stereocenters. The van der Waals surface area contributed by atoms with Gasteiger partial charge in [-0.1, -0.05) is 18.2 Å². The van der Waals surface area contributed by atoms with E-state index in [0.717, 1.165) is 0 Å². The van der Waals surface area contributed by atoms with Gasteiger partial charge in [0.05, 0.1) is 16.7 Å². The van der Waals surface area contributed by atoms with Crippen LogP contribution in [0.1, 0.15) is 33.5 Å². The molecule has 2 aromatic carbocycles. The number of aromatic nitrogens is 3. The first-order chi connectivity index (χ1) is 15.4. The van der Waals surface area contributed by atoms with Crippen LogP contribution in [-0.2, 0) is 7.05 Å². The van der Waals surface area contributed by atoms with E-state index in [9.17, 15) is 19.3 Å². The first kappa shape index (κ1) is 20.9. The van der Waals surface area contributed by atoms with Gasteiger partial charge in [-0.25, -0.2) is 9.37 Å². The fraction of sp³-hybridized carbons (Fsp3) is 0.0870. The summed E-state index contributed by atoms with van der Waals surface area (Å²) in [5.41, 5.74) is 1.12. The fourth-order valence-corrected chi connectivity index (χ4v) is 3.38. The number of rotatable bonds is 7. The minimum atomic E-state index is -0.651. The van der Waals surface area contributed by atoms with Crippen LogP contribution < -0.4 is 5.32 Å². The maximum absolute atomic E-state index is 13.9. The van der Waals surface area contributed by atoms with Crippen LogP contribution in [0.15, 0.2) is 79.3 Å². The molecule has 0 aliphatic carbocycles. The minimum Gasteiger partial charge on any atom is -0.367 e. The normalized spacial score (nSPS) is 11.7. The molecule has 2 aromatic heterocycles. The highest BCUT2D eigenvalue weighted by atomic mass is 19.1. The molecule has 1 N–H and O–H groups in total. The van der Waals surface area contributed by atoms with Crippen molar-refractivity contribution in [2.24, 2.45) is 7.05 Å². The first-order valence-electron chi connectivity index (χ1n) is 9.67. The van der Waals surface area contributed by atoms with Crippen molar-refractivity contribution in [2.45, 2.75) is 6.04 Å². The van der Waals surface area contributed by atoms with Crippen molar-refractivity contribution in [2.75, 3.05) is 5.32 Å². The standard InChI is InChI=1S/C23H18FN5O3/c1-28-12-11-26-23(28)22(30)16-8-9-18(20(14-16)29(31)32)27-21(19-7-2-3-10-25-19)15-5-4-6-17(24)13-15/h2-14,21,27H,1H3. The Bertz CT molecular complexity index is 1290. The summed E-state index contributed by atoms with van der Waals surface area (Å²) in [7, 11) is 1.67. The number of anilines is 1. The zero-order valence-corrected chi connectivity index (χ0v) is 17.0. The monoisotopic (exact) mass is 431 g/mol. The van der Waals surface area contributed by atoms with Gasteiger partial charge in [0.15, 0.2) is 5.82 Å². The molecule has 160 valence electrons. The van der Waals surface area contributed by atoms with Gasteiger partial charge in [-0.3, -0.25) is 19.9 Å². The highest BCUT2D eigenvalue weighted by molar-refractivity contribution is 6.07. The molecule has 0 fully saturated rings. The molecule has 0 spiro atoms. The molecule has 0 aliphatic rings. The smallest absolute Gasteiger partial charge is 0.293 e. The molecule has 4 rings (SSSR count). The number of hydrogen-bond acceptors (Lipinski definition) is 6. The number of aryl methyl sites for hydroxylation is 1. The van der Waals surface area contributed by atoms with Gasteiger partial charge < -0.3 is 9.88 Å². The maximum Gasteiger partial charge on any atom is 0.293 e. The summed E-state index contributed by atoms with van der Waals surface area (Å²) < 4.78 is 15.4. The highest BCUT2D eigenvalue weighted by Gasteiger charge is 2.24. The second-order valence-corrected chi connectivity index (χ2v) is 7.07. The highest BCUT2D eigenvalue weighted by Crippen LogP contribution is 2.32. The Kier molecular flexibility index (Phi) is 5.71. The van der Waals surface area contributed by atoms with E-state index in [1.165, 1.54) is 36.5 Å². The Hall–Kier alpha value is -4.40. The van der Waals surface area contributed by atoms with E-state index in [1.807, 2.05) is 0 Å². The van der Waals surface area contributed by atoms with E-state index >= 15 is 0 Å². The van der Waals surface area contributed by atoms with Crippen molar-refractivity contribution >= 4 is 17.2 Å². The molecule has 4 aromatic rings. The second-order valence-electron chi connectivity index (χ2n) is 7.07. The third-order valence-electron chi connectivity index (χ3n) is 4.95. The predicted octanol–water partition coefficient (Wildman–Crippen LogP) is 4.29. The molecule has 0 aliphatic heterocycles. The molecule has 0 radical (unpaired) electrons. The van der Waals surface area contributed by atoms with E-state index in [2.05, 4.69) is 15.3 Å². The van der Waals surface area contributed by atoms with Crippen molar-refractivity contribution in [1.29, 1.82) is 0 Å². The zero-order chi connectivity index (χ0) is 22.7. The van der Waals surface area contributed by atoms with Crippen LogP contribution >= 0.6 is 0 Å². The van der Waals surface area contributed by atoms with E-state index in [4.69, 9.17) is 0 Å². The van der Waals surface area contributed by atoms with Crippen molar-refractivity contribution < 1.29 is 14.1 Å². The topological polar surface area (TPSA) is 103 Å². The molecule has 32 heavy (non-hydrogen) atoms. The number of ketones is 1. The number of nitrogens with zero attached hydrogens (tertiary/aromatic N) is 4. The number of pyridine rings is 1. The van der Waals surface area contributed by atoms with E-state index in [1.54, 1.807) is 54.3 Å². The van der Waals surface area contributed by atoms with Crippen molar-refractivity contribution in [1.82, 2.24) is 14.5 Å². The van der Waals surface area contributed by atoms with Crippen LogP contribution in [-0.4, -0.2) is 25.2 Å². The SMILES string of the molecule is Cn1ccnc1C(=O)c1ccc(NC(c2cccc(F)c2)c2ccccn2)c([N+](=O)[O-])c1. The summed E-state index contributed by atoms with van der Waals surface area (Å²) >= 11 is 0. The van der Waals surface area contributed by atoms with Gasteiger partial charge in [0.2, 0.25) is 5.78 Å². The molecule has 0 bridgehead atoms. The summed E-state index contributed by atoms with van der Waals surface area (Å²) in [5, 5.41) is 14.9. The molecule has 2 heterocycles. The Morgan fingerprint density at radius 3 is 2.59 bits per heavy atom. The van der Waals surface area contributed by atoms with Crippen molar-refractivity contribution in [3.05, 3.63) is 118 Å². The zero-order valence-electron chi connectivity index (χ0n) is 17.0. The van der Waals surface area contributed by atoms with E-state index in [0.29, 0.717) is 11.3 Å². The largest absolute Gasteiger partial charge is 0.367 e. The van der Waals surface area contributed by atoms with Crippen LogP contribution in [0.2, 0.25) is 0 Å².